The molecule has 4 rings (SSSR count). The zero-order valence-corrected chi connectivity index (χ0v) is 22.6. The minimum atomic E-state index is -4.11. The number of amides is 2. The van der Waals surface area contributed by atoms with Crippen LogP contribution in [-0.4, -0.2) is 64.7 Å². The van der Waals surface area contributed by atoms with Gasteiger partial charge in [-0.2, -0.15) is 4.31 Å². The minimum Gasteiger partial charge on any atom is -0.481 e. The number of nitrogens with zero attached hydrogens (tertiary/aromatic N) is 3. The Bertz CT molecular complexity index is 1530. The van der Waals surface area contributed by atoms with E-state index in [1.54, 1.807) is 60.7 Å². The van der Waals surface area contributed by atoms with Crippen LogP contribution < -0.4 is 5.32 Å². The number of carbonyl (C=O) groups excluding carboxylic acids is 2. The summed E-state index contributed by atoms with van der Waals surface area (Å²) < 4.78 is 28.0. The highest BCUT2D eigenvalue weighted by molar-refractivity contribution is 7.88. The smallest absolute Gasteiger partial charge is 0.305 e. The molecule has 13 heteroatoms. The highest BCUT2D eigenvalue weighted by Gasteiger charge is 2.46. The van der Waals surface area contributed by atoms with E-state index in [-0.39, 0.29) is 30.8 Å². The van der Waals surface area contributed by atoms with E-state index in [1.807, 2.05) is 0 Å². The van der Waals surface area contributed by atoms with E-state index < -0.39 is 57.1 Å². The molecule has 1 heterocycles. The topological polar surface area (TPSA) is 167 Å². The average molecular weight is 581 g/mol. The van der Waals surface area contributed by atoms with Crippen molar-refractivity contribution in [1.29, 1.82) is 0 Å². The molecule has 3 aromatic carbocycles. The molecule has 0 spiro atoms. The standard InChI is InChI=1S/C28H28N4O8S/c33-25(16-20-8-3-1-4-9-20)30-14-15-31(41(39,40)19-21-10-5-2-6-11-21)28(30)27(36)29-24(18-26(34)35)22-12-7-13-23(17-22)32(37)38/h1-13,17,24,28H,14-16,18-19H2,(H,29,36)(H,34,35). The van der Waals surface area contributed by atoms with Gasteiger partial charge < -0.3 is 15.3 Å². The van der Waals surface area contributed by atoms with Gasteiger partial charge in [0.2, 0.25) is 15.9 Å². The maximum atomic E-state index is 13.8. The van der Waals surface area contributed by atoms with E-state index in [1.165, 1.54) is 18.2 Å². The van der Waals surface area contributed by atoms with Crippen molar-refractivity contribution in [2.75, 3.05) is 13.1 Å². The molecule has 0 aromatic heterocycles. The number of nitro benzene ring substituents is 1. The lowest BCUT2D eigenvalue weighted by molar-refractivity contribution is -0.384. The molecule has 1 aliphatic heterocycles. The first-order valence-corrected chi connectivity index (χ1v) is 14.3. The molecular weight excluding hydrogens is 552 g/mol. The van der Waals surface area contributed by atoms with Crippen LogP contribution in [0.2, 0.25) is 0 Å². The van der Waals surface area contributed by atoms with E-state index in [9.17, 15) is 38.0 Å². The molecule has 12 nitrogen and oxygen atoms in total. The van der Waals surface area contributed by atoms with Crippen LogP contribution in [0.25, 0.3) is 0 Å². The lowest BCUT2D eigenvalue weighted by Crippen LogP contribution is -2.54. The van der Waals surface area contributed by atoms with E-state index in [2.05, 4.69) is 5.32 Å². The molecule has 2 atom stereocenters. The molecule has 214 valence electrons. The summed E-state index contributed by atoms with van der Waals surface area (Å²) in [4.78, 5) is 50.6. The summed E-state index contributed by atoms with van der Waals surface area (Å²) in [7, 11) is -4.11. The molecular formula is C28H28N4O8S. The van der Waals surface area contributed by atoms with Gasteiger partial charge in [0.1, 0.15) is 0 Å². The number of benzene rings is 3. The lowest BCUT2D eigenvalue weighted by atomic mass is 10.0. The first-order valence-electron chi connectivity index (χ1n) is 12.7. The van der Waals surface area contributed by atoms with Gasteiger partial charge in [-0.1, -0.05) is 72.8 Å². The zero-order chi connectivity index (χ0) is 29.6. The normalized spacial score (nSPS) is 16.2. The lowest BCUT2D eigenvalue weighted by Gasteiger charge is -2.30. The fraction of sp³-hybridized carbons (Fsp3) is 0.250. The van der Waals surface area contributed by atoms with Crippen LogP contribution in [0.1, 0.15) is 29.2 Å². The molecule has 1 fully saturated rings. The Kier molecular flexibility index (Phi) is 9.10. The van der Waals surface area contributed by atoms with Gasteiger partial charge in [0.15, 0.2) is 6.17 Å². The van der Waals surface area contributed by atoms with Crippen LogP contribution in [0.4, 0.5) is 5.69 Å². The molecule has 2 unspecified atom stereocenters. The number of nitro groups is 1. The number of sulfonamides is 1. The molecule has 0 saturated carbocycles. The van der Waals surface area contributed by atoms with Gasteiger partial charge in [0.25, 0.3) is 11.6 Å². The summed E-state index contributed by atoms with van der Waals surface area (Å²) in [5.74, 6) is -3.11. The van der Waals surface area contributed by atoms with Crippen molar-refractivity contribution in [2.24, 2.45) is 0 Å². The van der Waals surface area contributed by atoms with Crippen molar-refractivity contribution < 1.29 is 32.8 Å². The Labute approximate surface area is 236 Å². The Morgan fingerprint density at radius 3 is 2.20 bits per heavy atom. The van der Waals surface area contributed by atoms with Crippen molar-refractivity contribution >= 4 is 33.5 Å². The van der Waals surface area contributed by atoms with Gasteiger partial charge in [-0.25, -0.2) is 8.42 Å². The SMILES string of the molecule is O=C(O)CC(NC(=O)C1N(C(=O)Cc2ccccc2)CCN1S(=O)(=O)Cc1ccccc1)c1cccc([N+](=O)[O-])c1. The van der Waals surface area contributed by atoms with Gasteiger partial charge in [-0.05, 0) is 16.7 Å². The van der Waals surface area contributed by atoms with E-state index in [0.717, 1.165) is 15.3 Å². The highest BCUT2D eigenvalue weighted by Crippen LogP contribution is 2.26. The van der Waals surface area contributed by atoms with E-state index in [0.29, 0.717) is 11.1 Å². The van der Waals surface area contributed by atoms with E-state index in [4.69, 9.17) is 0 Å². The number of carbonyl (C=O) groups is 3. The van der Waals surface area contributed by atoms with Crippen LogP contribution >= 0.6 is 0 Å². The fourth-order valence-corrected chi connectivity index (χ4v) is 6.35. The summed E-state index contributed by atoms with van der Waals surface area (Å²) in [6.07, 6.45) is -2.30. The quantitative estimate of drug-likeness (QED) is 0.258. The molecule has 0 aliphatic carbocycles. The molecule has 1 aliphatic rings. The van der Waals surface area contributed by atoms with Crippen LogP contribution in [0.15, 0.2) is 84.9 Å². The summed E-state index contributed by atoms with van der Waals surface area (Å²) in [5.41, 5.74) is 0.997. The van der Waals surface area contributed by atoms with Crippen molar-refractivity contribution in [2.45, 2.75) is 30.8 Å². The third-order valence-corrected chi connectivity index (χ3v) is 8.41. The Morgan fingerprint density at radius 2 is 1.59 bits per heavy atom. The molecule has 2 amide bonds. The number of hydrogen-bond donors (Lipinski definition) is 2. The number of non-ortho nitro benzene ring substituents is 1. The van der Waals surface area contributed by atoms with Gasteiger partial charge in [0.05, 0.1) is 29.6 Å². The second-order valence-corrected chi connectivity index (χ2v) is 11.4. The van der Waals surface area contributed by atoms with Crippen LogP contribution in [-0.2, 0) is 36.6 Å². The van der Waals surface area contributed by atoms with Crippen molar-refractivity contribution in [1.82, 2.24) is 14.5 Å². The number of hydrogen-bond acceptors (Lipinski definition) is 7. The summed E-state index contributed by atoms with van der Waals surface area (Å²) in [6, 6.07) is 21.1. The van der Waals surface area contributed by atoms with Gasteiger partial charge in [-0.15, -0.1) is 0 Å². The van der Waals surface area contributed by atoms with E-state index >= 15 is 0 Å². The van der Waals surface area contributed by atoms with Gasteiger partial charge in [-0.3, -0.25) is 24.5 Å². The molecule has 0 radical (unpaired) electrons. The minimum absolute atomic E-state index is 0.0574. The largest absolute Gasteiger partial charge is 0.481 e. The first-order chi connectivity index (χ1) is 19.5. The molecule has 2 N–H and O–H groups in total. The first kappa shape index (κ1) is 29.4. The monoisotopic (exact) mass is 580 g/mol. The predicted octanol–water partition coefficient (Wildman–Crippen LogP) is 2.47. The third kappa shape index (κ3) is 7.32. The molecule has 3 aromatic rings. The molecule has 1 saturated heterocycles. The summed E-state index contributed by atoms with van der Waals surface area (Å²) in [5, 5.41) is 23.3. The number of aliphatic carboxylic acids is 1. The average Bonchev–Trinajstić information content (AvgIpc) is 3.40. The maximum Gasteiger partial charge on any atom is 0.305 e. The number of carboxylic acid groups (broad SMARTS) is 1. The number of carboxylic acids is 1. The summed E-state index contributed by atoms with van der Waals surface area (Å²) >= 11 is 0. The second-order valence-electron chi connectivity index (χ2n) is 9.49. The third-order valence-electron chi connectivity index (χ3n) is 6.61. The van der Waals surface area contributed by atoms with Crippen LogP contribution in [0, 0.1) is 10.1 Å². The Hall–Kier alpha value is -4.62. The highest BCUT2D eigenvalue weighted by atomic mass is 32.2. The van der Waals surface area contributed by atoms with Crippen molar-refractivity contribution in [3.05, 3.63) is 112 Å². The number of rotatable bonds is 11. The van der Waals surface area contributed by atoms with Crippen molar-refractivity contribution in [3.63, 3.8) is 0 Å². The fourth-order valence-electron chi connectivity index (χ4n) is 4.70. The molecule has 0 bridgehead atoms. The second kappa shape index (κ2) is 12.7. The Balaban J connectivity index is 1.67. The predicted molar refractivity (Wildman–Crippen MR) is 148 cm³/mol. The zero-order valence-electron chi connectivity index (χ0n) is 21.8. The van der Waals surface area contributed by atoms with Crippen LogP contribution in [0.3, 0.4) is 0 Å². The Morgan fingerprint density at radius 1 is 0.951 bits per heavy atom. The maximum absolute atomic E-state index is 13.8. The van der Waals surface area contributed by atoms with Gasteiger partial charge >= 0.3 is 5.97 Å². The molecule has 41 heavy (non-hydrogen) atoms. The van der Waals surface area contributed by atoms with Crippen LogP contribution in [0.5, 0.6) is 0 Å². The number of nitrogens with one attached hydrogen (secondary N) is 1. The van der Waals surface area contributed by atoms with Crippen molar-refractivity contribution in [3.8, 4) is 0 Å². The summed E-state index contributed by atoms with van der Waals surface area (Å²) in [6.45, 7) is -0.202. The van der Waals surface area contributed by atoms with Gasteiger partial charge in [0, 0.05) is 25.2 Å².